The molecule has 10 nitrogen and oxygen atoms in total. The lowest BCUT2D eigenvalue weighted by atomic mass is 10.1. The van der Waals surface area contributed by atoms with E-state index in [1.54, 1.807) is 45.3 Å². The van der Waals surface area contributed by atoms with Crippen molar-refractivity contribution in [2.75, 3.05) is 34.5 Å². The van der Waals surface area contributed by atoms with Gasteiger partial charge >= 0.3 is 0 Å². The summed E-state index contributed by atoms with van der Waals surface area (Å²) in [5.41, 5.74) is 8.61. The summed E-state index contributed by atoms with van der Waals surface area (Å²) < 4.78 is 17.5. The first kappa shape index (κ1) is 41.7. The zero-order valence-electron chi connectivity index (χ0n) is 35.0. The summed E-state index contributed by atoms with van der Waals surface area (Å²) in [5.74, 6) is 1.75. The fourth-order valence-corrected chi connectivity index (χ4v) is 10.9. The summed E-state index contributed by atoms with van der Waals surface area (Å²) in [4.78, 5) is 19.1. The summed E-state index contributed by atoms with van der Waals surface area (Å²) in [6.45, 7) is 3.89. The maximum Gasteiger partial charge on any atom is 0.184 e. The van der Waals surface area contributed by atoms with E-state index in [1.807, 2.05) is 24.3 Å². The highest BCUT2D eigenvalue weighted by molar-refractivity contribution is 7.23. The van der Waals surface area contributed by atoms with Gasteiger partial charge in [-0.05, 0) is 121 Å². The van der Waals surface area contributed by atoms with Gasteiger partial charge in [0.2, 0.25) is 0 Å². The summed E-state index contributed by atoms with van der Waals surface area (Å²) in [5, 5.41) is 17.8. The molecule has 0 amide bonds. The fraction of sp³-hybridized carbons (Fsp3) is 0.200. The van der Waals surface area contributed by atoms with E-state index in [-0.39, 0.29) is 0 Å². The van der Waals surface area contributed by atoms with Crippen LogP contribution >= 0.6 is 45.3 Å². The molecule has 322 valence electrons. The van der Waals surface area contributed by atoms with Crippen LogP contribution in [0.3, 0.4) is 0 Å². The van der Waals surface area contributed by atoms with E-state index in [2.05, 4.69) is 130 Å². The molecule has 0 spiro atoms. The smallest absolute Gasteiger partial charge is 0.184 e. The average Bonchev–Trinajstić information content (AvgIpc) is 4.14. The predicted molar refractivity (Wildman–Crippen MR) is 270 cm³/mol. The molecular formula is C50H46N8O2S4. The van der Waals surface area contributed by atoms with E-state index in [4.69, 9.17) is 29.4 Å². The lowest BCUT2D eigenvalue weighted by Crippen LogP contribution is -2.06. The van der Waals surface area contributed by atoms with Crippen LogP contribution in [-0.2, 0) is 26.2 Å². The van der Waals surface area contributed by atoms with Crippen molar-refractivity contribution in [1.29, 1.82) is 0 Å². The van der Waals surface area contributed by atoms with Crippen molar-refractivity contribution in [2.24, 2.45) is 0 Å². The summed E-state index contributed by atoms with van der Waals surface area (Å²) >= 11 is 6.69. The highest BCUT2D eigenvalue weighted by atomic mass is 32.1. The maximum absolute atomic E-state index is 6.40. The average molecular weight is 919 g/mol. The van der Waals surface area contributed by atoms with Gasteiger partial charge in [0.1, 0.15) is 11.5 Å². The summed E-state index contributed by atoms with van der Waals surface area (Å²) in [7, 11) is 0. The highest BCUT2D eigenvalue weighted by Gasteiger charge is 2.11. The molecule has 0 bridgehead atoms. The first-order chi connectivity index (χ1) is 31.6. The van der Waals surface area contributed by atoms with Crippen LogP contribution in [0, 0.1) is 0 Å². The molecule has 0 saturated heterocycles. The Morgan fingerprint density at radius 1 is 0.344 bits per heavy atom. The number of aromatic nitrogens is 4. The van der Waals surface area contributed by atoms with Gasteiger partial charge in [0.25, 0.3) is 0 Å². The second-order valence-electron chi connectivity index (χ2n) is 15.4. The maximum atomic E-state index is 6.40. The highest BCUT2D eigenvalue weighted by Crippen LogP contribution is 2.31. The van der Waals surface area contributed by atoms with Gasteiger partial charge in [0.05, 0.1) is 54.1 Å². The lowest BCUT2D eigenvalue weighted by molar-refractivity contribution is 0.287. The number of rotatable bonds is 21. The van der Waals surface area contributed by atoms with Crippen molar-refractivity contribution in [3.63, 3.8) is 0 Å². The molecule has 6 aromatic carbocycles. The van der Waals surface area contributed by atoms with E-state index >= 15 is 0 Å². The van der Waals surface area contributed by atoms with E-state index in [0.717, 1.165) is 102 Å². The molecule has 10 rings (SSSR count). The van der Waals surface area contributed by atoms with Crippen LogP contribution in [0.4, 0.5) is 20.5 Å². The molecule has 0 fully saturated rings. The zero-order chi connectivity index (χ0) is 42.9. The normalized spacial score (nSPS) is 11.4. The van der Waals surface area contributed by atoms with Gasteiger partial charge in [-0.1, -0.05) is 106 Å². The standard InChI is InChI=1S/C50H46N8O2S4/c1(11-21-59-37-25-33(29-51-47-55-39-13-3-7-17-43(39)61-47)23-34(26-37)30-52-48-56-40-14-4-8-18-44(40)62-48)2-12-22-60-38-27-35(31-53-49-57-41-15-5-9-19-45(41)63-49)24-36(28-38)32-54-50-58-42-16-6-10-20-46(42)64-50/h3-10,13-20,23-28H,1-2,11-12,21-22,29-32H2,(H,51,55)(H,52,56)(H,53,57)(H,54,58). The van der Waals surface area contributed by atoms with Gasteiger partial charge < -0.3 is 30.7 Å². The number of thiazole rings is 4. The first-order valence-electron chi connectivity index (χ1n) is 21.5. The quantitative estimate of drug-likeness (QED) is 0.0519. The molecule has 0 saturated carbocycles. The SMILES string of the molecule is c1ccc2sc(NCc3cc(CNc4nc5ccccc5s4)cc(OCCCCCCOc4cc(CNc5nc6ccccc6s5)cc(CNc5nc6ccccc6s5)c4)c3)nc2c1. The second-order valence-corrected chi connectivity index (χ2v) is 19.6. The molecule has 0 unspecified atom stereocenters. The van der Waals surface area contributed by atoms with Crippen LogP contribution in [0.15, 0.2) is 133 Å². The Kier molecular flexibility index (Phi) is 13.0. The molecule has 4 N–H and O–H groups in total. The molecule has 0 aliphatic heterocycles. The predicted octanol–water partition coefficient (Wildman–Crippen LogP) is 13.6. The minimum absolute atomic E-state index is 0.648. The molecule has 10 aromatic rings. The van der Waals surface area contributed by atoms with E-state index in [0.29, 0.717) is 39.4 Å². The molecule has 0 aliphatic carbocycles. The Hall–Kier alpha value is -6.32. The number of ether oxygens (including phenoxy) is 2. The van der Waals surface area contributed by atoms with Crippen molar-refractivity contribution < 1.29 is 9.47 Å². The van der Waals surface area contributed by atoms with E-state index < -0.39 is 0 Å². The van der Waals surface area contributed by atoms with Crippen molar-refractivity contribution in [3.8, 4) is 11.5 Å². The minimum Gasteiger partial charge on any atom is -0.494 e. The third-order valence-corrected chi connectivity index (χ3v) is 14.6. The number of para-hydroxylation sites is 4. The van der Waals surface area contributed by atoms with Crippen LogP contribution in [0.1, 0.15) is 47.9 Å². The molecule has 0 atom stereocenters. The number of fused-ring (bicyclic) bond motifs is 4. The van der Waals surface area contributed by atoms with E-state index in [1.165, 1.54) is 18.8 Å². The number of hydrogen-bond donors (Lipinski definition) is 4. The monoisotopic (exact) mass is 918 g/mol. The van der Waals surface area contributed by atoms with E-state index in [9.17, 15) is 0 Å². The second kappa shape index (κ2) is 20.0. The molecule has 14 heteroatoms. The number of anilines is 4. The van der Waals surface area contributed by atoms with Gasteiger partial charge in [-0.2, -0.15) is 0 Å². The zero-order valence-corrected chi connectivity index (χ0v) is 38.3. The third-order valence-electron chi connectivity index (χ3n) is 10.6. The molecular weight excluding hydrogens is 873 g/mol. The first-order valence-corrected chi connectivity index (χ1v) is 24.8. The van der Waals surface area contributed by atoms with Crippen molar-refractivity contribution in [2.45, 2.75) is 51.9 Å². The topological polar surface area (TPSA) is 118 Å². The number of benzene rings is 6. The number of nitrogens with one attached hydrogen (secondary N) is 4. The van der Waals surface area contributed by atoms with Gasteiger partial charge in [0.15, 0.2) is 20.5 Å². The van der Waals surface area contributed by atoms with Gasteiger partial charge in [-0.3, -0.25) is 0 Å². The van der Waals surface area contributed by atoms with Crippen molar-refractivity contribution in [1.82, 2.24) is 19.9 Å². The summed E-state index contributed by atoms with van der Waals surface area (Å²) in [6.07, 6.45) is 4.03. The van der Waals surface area contributed by atoms with Crippen LogP contribution in [0.25, 0.3) is 40.9 Å². The fourth-order valence-electron chi connectivity index (χ4n) is 7.47. The van der Waals surface area contributed by atoms with Gasteiger partial charge in [-0.15, -0.1) is 0 Å². The van der Waals surface area contributed by atoms with Crippen LogP contribution in [0.5, 0.6) is 11.5 Å². The molecule has 0 aliphatic rings. The molecule has 0 radical (unpaired) electrons. The van der Waals surface area contributed by atoms with Crippen LogP contribution in [-0.4, -0.2) is 33.1 Å². The Morgan fingerprint density at radius 3 is 0.906 bits per heavy atom. The minimum atomic E-state index is 0.648. The lowest BCUT2D eigenvalue weighted by Gasteiger charge is -2.13. The number of hydrogen-bond acceptors (Lipinski definition) is 14. The van der Waals surface area contributed by atoms with Gasteiger partial charge in [0, 0.05) is 26.2 Å². The van der Waals surface area contributed by atoms with Crippen molar-refractivity contribution in [3.05, 3.63) is 156 Å². The Labute approximate surface area is 387 Å². The van der Waals surface area contributed by atoms with Crippen LogP contribution in [0.2, 0.25) is 0 Å². The third kappa shape index (κ3) is 10.7. The summed E-state index contributed by atoms with van der Waals surface area (Å²) in [6, 6.07) is 46.0. The number of unbranched alkanes of at least 4 members (excludes halogenated alkanes) is 3. The van der Waals surface area contributed by atoms with Crippen LogP contribution < -0.4 is 30.7 Å². The largest absolute Gasteiger partial charge is 0.494 e. The Bertz CT molecular complexity index is 2610. The Balaban J connectivity index is 0.727. The molecule has 4 heterocycles. The molecule has 64 heavy (non-hydrogen) atoms. The van der Waals surface area contributed by atoms with Gasteiger partial charge in [-0.25, -0.2) is 19.9 Å². The Morgan fingerprint density at radius 2 is 0.625 bits per heavy atom. The molecule has 4 aromatic heterocycles. The number of nitrogens with zero attached hydrogens (tertiary/aromatic N) is 4. The van der Waals surface area contributed by atoms with Crippen molar-refractivity contribution >= 4 is 107 Å².